The molecule has 0 N–H and O–H groups in total. The van der Waals surface area contributed by atoms with Crippen molar-refractivity contribution < 1.29 is 13.2 Å². The maximum atomic E-state index is 12.3. The fraction of sp³-hybridized carbons (Fsp3) is 0.500. The van der Waals surface area contributed by atoms with Crippen LogP contribution in [-0.2, 0) is 20.6 Å². The van der Waals surface area contributed by atoms with Crippen molar-refractivity contribution in [2.75, 3.05) is 19.6 Å². The summed E-state index contributed by atoms with van der Waals surface area (Å²) >= 11 is 0. The molecule has 1 fully saturated rings. The minimum atomic E-state index is -3.43. The Bertz CT molecular complexity index is 569. The highest BCUT2D eigenvalue weighted by Gasteiger charge is 2.32. The second-order valence-corrected chi connectivity index (χ2v) is 7.23. The van der Waals surface area contributed by atoms with Crippen LogP contribution in [0.15, 0.2) is 30.3 Å². The number of hydrogen-bond donors (Lipinski definition) is 0. The van der Waals surface area contributed by atoms with E-state index in [1.165, 1.54) is 4.31 Å². The molecule has 2 rings (SSSR count). The van der Waals surface area contributed by atoms with Gasteiger partial charge in [0.1, 0.15) is 0 Å². The average Bonchev–Trinajstić information content (AvgIpc) is 2.38. The van der Waals surface area contributed by atoms with Crippen molar-refractivity contribution in [3.63, 3.8) is 0 Å². The van der Waals surface area contributed by atoms with Gasteiger partial charge in [-0.15, -0.1) is 0 Å². The summed E-state index contributed by atoms with van der Waals surface area (Å²) in [5.74, 6) is -0.175. The third kappa shape index (κ3) is 3.37. The number of rotatable bonds is 4. The molecule has 0 aliphatic carbocycles. The van der Waals surface area contributed by atoms with Crippen molar-refractivity contribution in [1.29, 1.82) is 0 Å². The molecular formula is C14H20N2O3S. The molecule has 1 saturated heterocycles. The second kappa shape index (κ2) is 5.93. The Morgan fingerprint density at radius 3 is 2.35 bits per heavy atom. The molecule has 110 valence electrons. The second-order valence-electron chi connectivity index (χ2n) is 5.26. The first-order chi connectivity index (χ1) is 9.40. The van der Waals surface area contributed by atoms with Gasteiger partial charge in [-0.05, 0) is 19.4 Å². The van der Waals surface area contributed by atoms with Crippen molar-refractivity contribution >= 4 is 15.9 Å². The molecule has 1 aliphatic heterocycles. The summed E-state index contributed by atoms with van der Waals surface area (Å²) < 4.78 is 26.0. The minimum Gasteiger partial charge on any atom is -0.338 e. The van der Waals surface area contributed by atoms with Gasteiger partial charge < -0.3 is 4.90 Å². The van der Waals surface area contributed by atoms with E-state index in [1.807, 2.05) is 32.0 Å². The molecule has 0 unspecified atom stereocenters. The van der Waals surface area contributed by atoms with E-state index in [9.17, 15) is 13.2 Å². The number of benzene rings is 1. The summed E-state index contributed by atoms with van der Waals surface area (Å²) in [6.07, 6.45) is 0. The molecule has 6 heteroatoms. The van der Waals surface area contributed by atoms with Crippen LogP contribution in [0, 0.1) is 0 Å². The van der Waals surface area contributed by atoms with Crippen LogP contribution in [0.5, 0.6) is 0 Å². The van der Waals surface area contributed by atoms with Crippen LogP contribution in [0.3, 0.4) is 0 Å². The first-order valence-electron chi connectivity index (χ1n) is 6.71. The quantitative estimate of drug-likeness (QED) is 0.835. The number of carbonyl (C=O) groups excluding carboxylic acids is 1. The maximum absolute atomic E-state index is 12.3. The lowest BCUT2D eigenvalue weighted by Gasteiger charge is -2.36. The van der Waals surface area contributed by atoms with E-state index in [4.69, 9.17) is 0 Å². The van der Waals surface area contributed by atoms with Crippen molar-refractivity contribution in [3.8, 4) is 0 Å². The lowest BCUT2D eigenvalue weighted by Crippen LogP contribution is -2.54. The summed E-state index contributed by atoms with van der Waals surface area (Å²) in [6, 6.07) is 9.15. The van der Waals surface area contributed by atoms with Gasteiger partial charge in [0.25, 0.3) is 0 Å². The zero-order chi connectivity index (χ0) is 14.8. The predicted molar refractivity (Wildman–Crippen MR) is 77.5 cm³/mol. The van der Waals surface area contributed by atoms with E-state index in [1.54, 1.807) is 17.0 Å². The molecule has 20 heavy (non-hydrogen) atoms. The van der Waals surface area contributed by atoms with Crippen LogP contribution in [0.1, 0.15) is 19.4 Å². The number of sulfonamides is 1. The topological polar surface area (TPSA) is 57.7 Å². The third-order valence-electron chi connectivity index (χ3n) is 3.43. The highest BCUT2D eigenvalue weighted by molar-refractivity contribution is 7.88. The van der Waals surface area contributed by atoms with Gasteiger partial charge in [-0.25, -0.2) is 8.42 Å². The fourth-order valence-corrected chi connectivity index (χ4v) is 3.79. The average molecular weight is 296 g/mol. The van der Waals surface area contributed by atoms with E-state index in [-0.39, 0.29) is 24.2 Å². The Labute approximate surface area is 120 Å². The standard InChI is InChI=1S/C14H20N2O3S/c1-12(2)16-9-8-15(10-14(16)17)20(18,19)11-13-6-4-3-5-7-13/h3-7,12H,8-11H2,1-2H3. The first-order valence-corrected chi connectivity index (χ1v) is 8.32. The van der Waals surface area contributed by atoms with E-state index < -0.39 is 10.0 Å². The lowest BCUT2D eigenvalue weighted by atomic mass is 10.2. The van der Waals surface area contributed by atoms with Gasteiger partial charge in [0.15, 0.2) is 0 Å². The number of carbonyl (C=O) groups is 1. The third-order valence-corrected chi connectivity index (χ3v) is 5.23. The summed E-state index contributed by atoms with van der Waals surface area (Å²) in [7, 11) is -3.43. The molecule has 1 aromatic rings. The summed E-state index contributed by atoms with van der Waals surface area (Å²) in [6.45, 7) is 4.66. The predicted octanol–water partition coefficient (Wildman–Crippen LogP) is 1.07. The SMILES string of the molecule is CC(C)N1CCN(S(=O)(=O)Cc2ccccc2)CC1=O. The zero-order valence-corrected chi connectivity index (χ0v) is 12.6. The Balaban J connectivity index is 2.07. The van der Waals surface area contributed by atoms with Gasteiger partial charge in [0, 0.05) is 19.1 Å². The van der Waals surface area contributed by atoms with Gasteiger partial charge in [-0.1, -0.05) is 30.3 Å². The van der Waals surface area contributed by atoms with Crippen LogP contribution in [0.4, 0.5) is 0 Å². The fourth-order valence-electron chi connectivity index (χ4n) is 2.32. The van der Waals surface area contributed by atoms with Crippen molar-refractivity contribution in [2.24, 2.45) is 0 Å². The highest BCUT2D eigenvalue weighted by atomic mass is 32.2. The smallest absolute Gasteiger partial charge is 0.238 e. The van der Waals surface area contributed by atoms with Gasteiger partial charge >= 0.3 is 0 Å². The molecule has 1 aliphatic rings. The van der Waals surface area contributed by atoms with Crippen LogP contribution in [0.25, 0.3) is 0 Å². The summed E-state index contributed by atoms with van der Waals surface area (Å²) in [4.78, 5) is 13.7. The molecule has 0 atom stereocenters. The van der Waals surface area contributed by atoms with E-state index >= 15 is 0 Å². The van der Waals surface area contributed by atoms with Crippen molar-refractivity contribution in [1.82, 2.24) is 9.21 Å². The zero-order valence-electron chi connectivity index (χ0n) is 11.8. The molecule has 0 bridgehead atoms. The van der Waals surface area contributed by atoms with Crippen LogP contribution in [-0.4, -0.2) is 49.2 Å². The Kier molecular flexibility index (Phi) is 4.45. The first kappa shape index (κ1) is 15.0. The monoisotopic (exact) mass is 296 g/mol. The van der Waals surface area contributed by atoms with Crippen molar-refractivity contribution in [2.45, 2.75) is 25.6 Å². The molecule has 1 heterocycles. The molecule has 0 saturated carbocycles. The van der Waals surface area contributed by atoms with Crippen LogP contribution in [0.2, 0.25) is 0 Å². The summed E-state index contributed by atoms with van der Waals surface area (Å²) in [5, 5.41) is 0. The molecular weight excluding hydrogens is 276 g/mol. The molecule has 1 aromatic carbocycles. The largest absolute Gasteiger partial charge is 0.338 e. The van der Waals surface area contributed by atoms with E-state index in [2.05, 4.69) is 0 Å². The van der Waals surface area contributed by atoms with Gasteiger partial charge in [0.2, 0.25) is 15.9 Å². The Hall–Kier alpha value is -1.40. The summed E-state index contributed by atoms with van der Waals surface area (Å²) in [5.41, 5.74) is 0.742. The van der Waals surface area contributed by atoms with Gasteiger partial charge in [-0.3, -0.25) is 4.79 Å². The number of amides is 1. The number of hydrogen-bond acceptors (Lipinski definition) is 3. The molecule has 1 amide bonds. The minimum absolute atomic E-state index is 0.0483. The normalized spacial score (nSPS) is 17.8. The highest BCUT2D eigenvalue weighted by Crippen LogP contribution is 2.15. The lowest BCUT2D eigenvalue weighted by molar-refractivity contribution is -0.135. The van der Waals surface area contributed by atoms with Gasteiger partial charge in [0.05, 0.1) is 12.3 Å². The number of nitrogens with zero attached hydrogens (tertiary/aromatic N) is 2. The molecule has 0 aromatic heterocycles. The molecule has 0 spiro atoms. The van der Waals surface area contributed by atoms with E-state index in [0.29, 0.717) is 13.1 Å². The van der Waals surface area contributed by atoms with Gasteiger partial charge in [-0.2, -0.15) is 4.31 Å². The van der Waals surface area contributed by atoms with Crippen LogP contribution < -0.4 is 0 Å². The Morgan fingerprint density at radius 2 is 1.80 bits per heavy atom. The molecule has 0 radical (unpaired) electrons. The van der Waals surface area contributed by atoms with Crippen LogP contribution >= 0.6 is 0 Å². The maximum Gasteiger partial charge on any atom is 0.238 e. The Morgan fingerprint density at radius 1 is 1.15 bits per heavy atom. The van der Waals surface area contributed by atoms with Crippen molar-refractivity contribution in [3.05, 3.63) is 35.9 Å². The molecule has 5 nitrogen and oxygen atoms in total. The number of piperazine rings is 1. The van der Waals surface area contributed by atoms with E-state index in [0.717, 1.165) is 5.56 Å².